The molecule has 19 heavy (non-hydrogen) atoms. The van der Waals surface area contributed by atoms with E-state index in [4.69, 9.17) is 4.74 Å². The fourth-order valence-corrected chi connectivity index (χ4v) is 1.60. The van der Waals surface area contributed by atoms with Gasteiger partial charge < -0.3 is 22.6 Å². The van der Waals surface area contributed by atoms with Crippen LogP contribution in [-0.2, 0) is 0 Å². The van der Waals surface area contributed by atoms with Crippen LogP contribution >= 0.6 is 0 Å². The zero-order chi connectivity index (χ0) is 13.8. The van der Waals surface area contributed by atoms with Crippen molar-refractivity contribution in [3.05, 3.63) is 23.8 Å². The molecule has 0 saturated carbocycles. The molecule has 0 heterocycles. The van der Waals surface area contributed by atoms with Gasteiger partial charge in [0.25, 0.3) is 0 Å². The van der Waals surface area contributed by atoms with Crippen LogP contribution in [0, 0.1) is 6.92 Å². The predicted octanol–water partition coefficient (Wildman–Crippen LogP) is -0.616. The van der Waals surface area contributed by atoms with Gasteiger partial charge in [0, 0.05) is 6.54 Å². The molecule has 0 N–H and O–H groups in total. The van der Waals surface area contributed by atoms with Crippen molar-refractivity contribution >= 4 is 12.4 Å². The molecule has 1 rings (SSSR count). The summed E-state index contributed by atoms with van der Waals surface area (Å²) in [6.45, 7) is -1.90. The second-order valence-corrected chi connectivity index (χ2v) is 4.60. The van der Waals surface area contributed by atoms with Crippen LogP contribution in [0.4, 0.5) is 12.9 Å². The summed E-state index contributed by atoms with van der Waals surface area (Å²) in [5.41, 5.74) is -0.0512. The Morgan fingerprint density at radius 3 is 2.32 bits per heavy atom. The van der Waals surface area contributed by atoms with Crippen molar-refractivity contribution in [1.82, 2.24) is 4.90 Å². The molecule has 1 aromatic carbocycles. The van der Waals surface area contributed by atoms with Gasteiger partial charge >= 0.3 is 58.4 Å². The summed E-state index contributed by atoms with van der Waals surface area (Å²) >= 11 is 0. The van der Waals surface area contributed by atoms with Gasteiger partial charge in [-0.1, -0.05) is 12.1 Å². The Morgan fingerprint density at radius 2 is 1.84 bits per heavy atom. The quantitative estimate of drug-likeness (QED) is 0.513. The zero-order valence-corrected chi connectivity index (χ0v) is 15.0. The van der Waals surface area contributed by atoms with Crippen LogP contribution in [0.1, 0.15) is 12.0 Å². The van der Waals surface area contributed by atoms with Crippen molar-refractivity contribution < 1.29 is 69.1 Å². The minimum atomic E-state index is -4.93. The maximum Gasteiger partial charge on any atom is 1.00 e. The molecule has 0 amide bonds. The molecule has 0 radical (unpaired) electrons. The van der Waals surface area contributed by atoms with E-state index in [1.54, 1.807) is 6.92 Å². The second-order valence-electron chi connectivity index (χ2n) is 4.60. The number of halogens is 3. The Morgan fingerprint density at radius 1 is 1.21 bits per heavy atom. The van der Waals surface area contributed by atoms with E-state index < -0.39 is 12.4 Å². The number of ether oxygens (including phenoxy) is 1. The van der Waals surface area contributed by atoms with Crippen molar-refractivity contribution in [3.63, 3.8) is 0 Å². The fourth-order valence-electron chi connectivity index (χ4n) is 1.60. The first-order valence-corrected chi connectivity index (χ1v) is 5.88. The molecule has 102 valence electrons. The number of hydrogen-bond donors (Lipinski definition) is 0. The van der Waals surface area contributed by atoms with Crippen LogP contribution in [0.15, 0.2) is 18.2 Å². The van der Waals surface area contributed by atoms with E-state index in [-0.39, 0.29) is 51.4 Å². The maximum atomic E-state index is 12.5. The second kappa shape index (κ2) is 8.69. The van der Waals surface area contributed by atoms with Crippen LogP contribution in [0.2, 0.25) is 0 Å². The minimum absolute atomic E-state index is 0. The van der Waals surface area contributed by atoms with Crippen LogP contribution in [0.3, 0.4) is 0 Å². The number of aryl methyl sites for hydroxylation is 1. The molecule has 0 atom stereocenters. The normalized spacial score (nSPS) is 11.3. The Balaban J connectivity index is 0.00000324. The molecule has 0 spiro atoms. The molecule has 2 nitrogen and oxygen atoms in total. The number of benzene rings is 1. The van der Waals surface area contributed by atoms with E-state index in [0.717, 1.165) is 25.1 Å². The van der Waals surface area contributed by atoms with Gasteiger partial charge in [0.15, 0.2) is 0 Å². The fraction of sp³-hybridized carbons (Fsp3) is 0.500. The molecule has 7 heteroatoms. The van der Waals surface area contributed by atoms with Crippen LogP contribution in [0.25, 0.3) is 0 Å². The van der Waals surface area contributed by atoms with Gasteiger partial charge in [-0.2, -0.15) is 0 Å². The van der Waals surface area contributed by atoms with E-state index in [9.17, 15) is 12.9 Å². The monoisotopic (exact) mass is 299 g/mol. The summed E-state index contributed by atoms with van der Waals surface area (Å²) in [5, 5.41) is 0. The van der Waals surface area contributed by atoms with E-state index in [0.29, 0.717) is 17.9 Å². The smallest absolute Gasteiger partial charge is 0.493 e. The van der Waals surface area contributed by atoms with Crippen molar-refractivity contribution in [2.45, 2.75) is 13.3 Å². The third-order valence-corrected chi connectivity index (χ3v) is 2.58. The zero-order valence-electron chi connectivity index (χ0n) is 11.9. The molecule has 0 bridgehead atoms. The van der Waals surface area contributed by atoms with Crippen LogP contribution in [-0.4, -0.2) is 39.1 Å². The average molecular weight is 299 g/mol. The van der Waals surface area contributed by atoms with Crippen molar-refractivity contribution in [2.24, 2.45) is 0 Å². The standard InChI is InChI=1S/C12H18BF3NO.K/c1-10-9-11(13(14,15)16)5-6-12(10)18-8-4-7-17(2)3;/h5-6,9H,4,7-8H2,1-3H3;/q-1;+1. The summed E-state index contributed by atoms with van der Waals surface area (Å²) in [6, 6.07) is 3.62. The SMILES string of the molecule is Cc1cc([B-](F)(F)F)ccc1OCCCN(C)C.[K+]. The van der Waals surface area contributed by atoms with E-state index in [2.05, 4.69) is 0 Å². The summed E-state index contributed by atoms with van der Waals surface area (Å²) < 4.78 is 43.0. The van der Waals surface area contributed by atoms with E-state index in [1.807, 2.05) is 19.0 Å². The number of rotatable bonds is 6. The van der Waals surface area contributed by atoms with Gasteiger partial charge in [0.2, 0.25) is 0 Å². The van der Waals surface area contributed by atoms with Crippen LogP contribution < -0.4 is 61.6 Å². The van der Waals surface area contributed by atoms with Crippen molar-refractivity contribution in [3.8, 4) is 5.75 Å². The summed E-state index contributed by atoms with van der Waals surface area (Å²) in [6.07, 6.45) is 0.845. The molecule has 0 aliphatic heterocycles. The molecule has 0 aliphatic rings. The molecular formula is C12H18BF3KNO. The van der Waals surface area contributed by atoms with E-state index in [1.165, 1.54) is 6.07 Å². The van der Waals surface area contributed by atoms with Crippen LogP contribution in [0.5, 0.6) is 5.75 Å². The Kier molecular flexibility index (Phi) is 8.91. The molecule has 1 aromatic rings. The largest absolute Gasteiger partial charge is 1.00 e. The van der Waals surface area contributed by atoms with Gasteiger partial charge in [-0.25, -0.2) is 0 Å². The number of nitrogens with zero attached hydrogens (tertiary/aromatic N) is 1. The van der Waals surface area contributed by atoms with Gasteiger partial charge in [-0.3, -0.25) is 0 Å². The molecular weight excluding hydrogens is 281 g/mol. The summed E-state index contributed by atoms with van der Waals surface area (Å²) in [5.74, 6) is 0.526. The molecule has 0 aliphatic carbocycles. The molecule has 0 fully saturated rings. The summed E-state index contributed by atoms with van der Waals surface area (Å²) in [4.78, 5) is 2.03. The Hall–Kier alpha value is 0.471. The van der Waals surface area contributed by atoms with E-state index >= 15 is 0 Å². The number of hydrogen-bond acceptors (Lipinski definition) is 2. The van der Waals surface area contributed by atoms with Crippen molar-refractivity contribution in [2.75, 3.05) is 27.2 Å². The third-order valence-electron chi connectivity index (χ3n) is 2.58. The maximum absolute atomic E-state index is 12.5. The summed E-state index contributed by atoms with van der Waals surface area (Å²) in [7, 11) is 3.93. The minimum Gasteiger partial charge on any atom is -0.493 e. The first-order chi connectivity index (χ1) is 8.30. The molecule has 0 saturated heterocycles. The third kappa shape index (κ3) is 7.15. The topological polar surface area (TPSA) is 12.5 Å². The Bertz CT molecular complexity index is 399. The van der Waals surface area contributed by atoms with Gasteiger partial charge in [-0.15, -0.1) is 5.46 Å². The van der Waals surface area contributed by atoms with Gasteiger partial charge in [0.05, 0.1) is 6.61 Å². The molecule has 0 aromatic heterocycles. The van der Waals surface area contributed by atoms with Gasteiger partial charge in [-0.05, 0) is 39.1 Å². The van der Waals surface area contributed by atoms with Crippen molar-refractivity contribution in [1.29, 1.82) is 0 Å². The Labute approximate surface area is 155 Å². The predicted molar refractivity (Wildman–Crippen MR) is 68.6 cm³/mol. The average Bonchev–Trinajstić information content (AvgIpc) is 2.24. The molecule has 0 unspecified atom stereocenters. The first-order valence-electron chi connectivity index (χ1n) is 5.88. The first kappa shape index (κ1) is 19.5. The van der Waals surface area contributed by atoms with Gasteiger partial charge in [0.1, 0.15) is 5.75 Å².